The van der Waals surface area contributed by atoms with Gasteiger partial charge in [-0.3, -0.25) is 4.21 Å². The Kier molecular flexibility index (Phi) is 4.48. The Hall–Kier alpha value is -0.213. The van der Waals surface area contributed by atoms with Crippen LogP contribution in [0.4, 0.5) is 0 Å². The number of hydrogen-bond acceptors (Lipinski definition) is 4. The van der Waals surface area contributed by atoms with Crippen LogP contribution in [0.3, 0.4) is 0 Å². The van der Waals surface area contributed by atoms with Crippen LogP contribution in [0.2, 0.25) is 0 Å². The average molecular weight is 150 g/mol. The molecular formula is C4H3LiN2O2S. The fraction of sp³-hybridized carbons (Fsp3) is 0. The number of rotatable bonds is 1. The monoisotopic (exact) mass is 150 g/mol. The summed E-state index contributed by atoms with van der Waals surface area (Å²) in [5.74, 6) is 0. The van der Waals surface area contributed by atoms with E-state index in [9.17, 15) is 8.76 Å². The van der Waals surface area contributed by atoms with Crippen LogP contribution in [0.5, 0.6) is 0 Å². The zero-order valence-corrected chi connectivity index (χ0v) is 6.17. The molecule has 1 unspecified atom stereocenters. The molecule has 0 aliphatic rings. The van der Waals surface area contributed by atoms with Crippen LogP contribution in [-0.4, -0.2) is 18.7 Å². The summed E-state index contributed by atoms with van der Waals surface area (Å²) in [6.45, 7) is 0. The maximum atomic E-state index is 10.1. The Morgan fingerprint density at radius 3 is 2.60 bits per heavy atom. The first kappa shape index (κ1) is 9.79. The van der Waals surface area contributed by atoms with Gasteiger partial charge in [0, 0.05) is 6.20 Å². The quantitative estimate of drug-likeness (QED) is 0.239. The molecule has 0 aliphatic carbocycles. The molecule has 0 spiro atoms. The van der Waals surface area contributed by atoms with Gasteiger partial charge in [-0.2, -0.15) is 0 Å². The Labute approximate surface area is 72.5 Å². The van der Waals surface area contributed by atoms with Gasteiger partial charge in [0.15, 0.2) is 0 Å². The molecule has 0 radical (unpaired) electrons. The molecule has 1 atom stereocenters. The van der Waals surface area contributed by atoms with Crippen molar-refractivity contribution in [2.24, 2.45) is 0 Å². The van der Waals surface area contributed by atoms with Crippen molar-refractivity contribution in [3.8, 4) is 0 Å². The van der Waals surface area contributed by atoms with Gasteiger partial charge in [-0.15, -0.1) is 0 Å². The molecule has 0 fully saturated rings. The molecule has 48 valence electrons. The second-order valence-corrected chi connectivity index (χ2v) is 2.17. The molecule has 0 aromatic carbocycles. The normalized spacial score (nSPS) is 11.7. The molecular weight excluding hydrogens is 147 g/mol. The molecule has 0 aliphatic heterocycles. The number of aromatic nitrogens is 2. The van der Waals surface area contributed by atoms with Crippen LogP contribution in [0.25, 0.3) is 0 Å². The van der Waals surface area contributed by atoms with Crippen molar-refractivity contribution >= 4 is 11.1 Å². The van der Waals surface area contributed by atoms with E-state index in [0.29, 0.717) is 0 Å². The molecule has 6 heteroatoms. The Morgan fingerprint density at radius 1 is 1.60 bits per heavy atom. The van der Waals surface area contributed by atoms with E-state index < -0.39 is 11.1 Å². The average Bonchev–Trinajstić information content (AvgIpc) is 1.90. The standard InChI is InChI=1S/C4H4N2O2S.Li/c7-9(8)4-1-2-5-3-6-4;/h1-3H,(H,7,8);/q;+1/p-1. The van der Waals surface area contributed by atoms with Crippen LogP contribution in [-0.2, 0) is 11.1 Å². The van der Waals surface area contributed by atoms with Gasteiger partial charge in [-0.05, 0) is 17.1 Å². The van der Waals surface area contributed by atoms with Gasteiger partial charge in [0.2, 0.25) is 0 Å². The molecule has 0 N–H and O–H groups in total. The minimum Gasteiger partial charge on any atom is -0.767 e. The van der Waals surface area contributed by atoms with E-state index in [0.717, 1.165) is 0 Å². The molecule has 1 heterocycles. The summed E-state index contributed by atoms with van der Waals surface area (Å²) in [6, 6.07) is 1.32. The second-order valence-electron chi connectivity index (χ2n) is 1.28. The largest absolute Gasteiger partial charge is 1.00 e. The van der Waals surface area contributed by atoms with Gasteiger partial charge < -0.3 is 4.55 Å². The Morgan fingerprint density at radius 2 is 2.30 bits per heavy atom. The summed E-state index contributed by atoms with van der Waals surface area (Å²) in [5, 5.41) is 0.0185. The van der Waals surface area contributed by atoms with Gasteiger partial charge >= 0.3 is 18.9 Å². The Bertz CT molecular complexity index is 218. The smallest absolute Gasteiger partial charge is 0.767 e. The molecule has 1 aromatic rings. The summed E-state index contributed by atoms with van der Waals surface area (Å²) in [6.07, 6.45) is 2.56. The van der Waals surface area contributed by atoms with Crippen LogP contribution in [0, 0.1) is 0 Å². The van der Waals surface area contributed by atoms with Crippen LogP contribution < -0.4 is 18.9 Å². The predicted molar refractivity (Wildman–Crippen MR) is 29.2 cm³/mol. The van der Waals surface area contributed by atoms with Crippen LogP contribution in [0.1, 0.15) is 0 Å². The van der Waals surface area contributed by atoms with Crippen molar-refractivity contribution in [1.82, 2.24) is 9.97 Å². The first-order chi connectivity index (χ1) is 4.30. The maximum absolute atomic E-state index is 10.1. The van der Waals surface area contributed by atoms with E-state index in [4.69, 9.17) is 0 Å². The first-order valence-electron chi connectivity index (χ1n) is 2.16. The minimum atomic E-state index is -2.23. The summed E-state index contributed by atoms with van der Waals surface area (Å²) in [4.78, 5) is 7.00. The topological polar surface area (TPSA) is 65.9 Å². The van der Waals surface area contributed by atoms with Crippen molar-refractivity contribution in [3.63, 3.8) is 0 Å². The van der Waals surface area contributed by atoms with E-state index in [1.54, 1.807) is 0 Å². The van der Waals surface area contributed by atoms with E-state index in [1.807, 2.05) is 0 Å². The SMILES string of the molecule is O=S([O-])c1ccncn1.[Li+]. The maximum Gasteiger partial charge on any atom is 1.00 e. The summed E-state index contributed by atoms with van der Waals surface area (Å²) in [7, 11) is 0. The summed E-state index contributed by atoms with van der Waals surface area (Å²) >= 11 is -2.23. The van der Waals surface area contributed by atoms with Gasteiger partial charge in [0.1, 0.15) is 11.4 Å². The fourth-order valence-electron chi connectivity index (χ4n) is 0.377. The molecule has 0 amide bonds. The van der Waals surface area contributed by atoms with Gasteiger partial charge in [0.25, 0.3) is 0 Å². The molecule has 10 heavy (non-hydrogen) atoms. The van der Waals surface area contributed by atoms with Gasteiger partial charge in [-0.25, -0.2) is 9.97 Å². The number of nitrogens with zero attached hydrogens (tertiary/aromatic N) is 2. The molecule has 0 bridgehead atoms. The summed E-state index contributed by atoms with van der Waals surface area (Å²) in [5.41, 5.74) is 0. The van der Waals surface area contributed by atoms with Gasteiger partial charge in [0.05, 0.1) is 0 Å². The zero-order valence-electron chi connectivity index (χ0n) is 5.35. The van der Waals surface area contributed by atoms with Crippen LogP contribution >= 0.6 is 0 Å². The zero-order chi connectivity index (χ0) is 6.69. The molecule has 0 saturated carbocycles. The molecule has 1 aromatic heterocycles. The van der Waals surface area contributed by atoms with Crippen molar-refractivity contribution in [3.05, 3.63) is 18.6 Å². The van der Waals surface area contributed by atoms with Crippen molar-refractivity contribution in [2.45, 2.75) is 5.03 Å². The molecule has 4 nitrogen and oxygen atoms in total. The van der Waals surface area contributed by atoms with E-state index >= 15 is 0 Å². The third-order valence-electron chi connectivity index (χ3n) is 0.726. The fourth-order valence-corrected chi connectivity index (χ4v) is 0.682. The van der Waals surface area contributed by atoms with E-state index in [-0.39, 0.29) is 23.9 Å². The van der Waals surface area contributed by atoms with Crippen molar-refractivity contribution in [2.75, 3.05) is 0 Å². The minimum absolute atomic E-state index is 0. The number of hydrogen-bond donors (Lipinski definition) is 0. The third-order valence-corrected chi connectivity index (χ3v) is 1.31. The third kappa shape index (κ3) is 2.58. The van der Waals surface area contributed by atoms with Crippen molar-refractivity contribution < 1.29 is 27.6 Å². The summed E-state index contributed by atoms with van der Waals surface area (Å²) < 4.78 is 20.2. The van der Waals surface area contributed by atoms with Crippen LogP contribution in [0.15, 0.2) is 23.6 Å². The van der Waals surface area contributed by atoms with Crippen molar-refractivity contribution in [1.29, 1.82) is 0 Å². The predicted octanol–water partition coefficient (Wildman–Crippen LogP) is -3.28. The van der Waals surface area contributed by atoms with Gasteiger partial charge in [-0.1, -0.05) is 0 Å². The second kappa shape index (κ2) is 4.58. The van der Waals surface area contributed by atoms with E-state index in [2.05, 4.69) is 9.97 Å². The Balaban J connectivity index is 0.000000810. The molecule has 1 rings (SSSR count). The van der Waals surface area contributed by atoms with E-state index in [1.165, 1.54) is 18.6 Å². The molecule has 0 saturated heterocycles. The first-order valence-corrected chi connectivity index (χ1v) is 3.23.